The molecule has 0 radical (unpaired) electrons. The number of amides is 7. The molecule has 9 unspecified atom stereocenters. The molecule has 406 valence electrons. The van der Waals surface area contributed by atoms with E-state index in [1.807, 2.05) is 48.5 Å². The summed E-state index contributed by atoms with van der Waals surface area (Å²) < 4.78 is 5.86. The molecule has 4 aromatic carbocycles. The Balaban J connectivity index is 1.12. The van der Waals surface area contributed by atoms with Gasteiger partial charge in [-0.05, 0) is 104 Å². The van der Waals surface area contributed by atoms with Gasteiger partial charge in [0.1, 0.15) is 47.8 Å². The Morgan fingerprint density at radius 1 is 0.697 bits per heavy atom. The topological polar surface area (TPSA) is 302 Å². The number of phenols is 1. The lowest BCUT2D eigenvalue weighted by molar-refractivity contribution is -0.145. The van der Waals surface area contributed by atoms with Crippen molar-refractivity contribution in [3.63, 3.8) is 0 Å². The van der Waals surface area contributed by atoms with Crippen molar-refractivity contribution in [2.24, 2.45) is 5.73 Å². The standard InChI is InChI=1S/C56H70N8O12/c1-4-5-6-26-76-43-23-19-38(20-24-43)36-13-11-35(12-14-36)37-15-17-39(18-16-37)50(69)59-44-8-7-25-58-53(72)46-28-40(57)30-63(46)55(74)48(32(2)65)62-52(71)45(27-34-9-21-41(67)22-10-34)60-54(73)47-29-42(68)31-64(47)56(75)49(33(3)66)61-51(44)70/h9-24,32-33,40,42,44-49,65-68H,4-8,25-31,57H2,1-3H3,(H,58,72)(H,59,69)(H,60,73)(H,61,70)(H,62,71)/t32?,33?,40?,42-,44?,45?,46?,47?,48?,49?/m1/s1. The van der Waals surface area contributed by atoms with E-state index in [9.17, 15) is 54.0 Å². The first-order chi connectivity index (χ1) is 36.4. The summed E-state index contributed by atoms with van der Waals surface area (Å²) in [5.41, 5.74) is 10.7. The number of hydrogen-bond donors (Lipinski definition) is 10. The summed E-state index contributed by atoms with van der Waals surface area (Å²) in [4.78, 5) is 101. The average Bonchev–Trinajstić information content (AvgIpc) is 4.01. The number of carbonyl (C=O) groups is 7. The van der Waals surface area contributed by atoms with Gasteiger partial charge in [0.2, 0.25) is 35.4 Å². The third-order valence-electron chi connectivity index (χ3n) is 14.0. The minimum Gasteiger partial charge on any atom is -0.508 e. The van der Waals surface area contributed by atoms with E-state index in [2.05, 4.69) is 33.5 Å². The maximum atomic E-state index is 14.4. The van der Waals surface area contributed by atoms with Gasteiger partial charge in [0.15, 0.2) is 0 Å². The fourth-order valence-electron chi connectivity index (χ4n) is 9.75. The second-order valence-corrected chi connectivity index (χ2v) is 20.0. The Morgan fingerprint density at radius 2 is 1.24 bits per heavy atom. The molecule has 7 amide bonds. The van der Waals surface area contributed by atoms with Crippen molar-refractivity contribution in [2.45, 2.75) is 133 Å². The lowest BCUT2D eigenvalue weighted by Crippen LogP contribution is -2.62. The van der Waals surface area contributed by atoms with E-state index in [4.69, 9.17) is 10.5 Å². The third-order valence-corrected chi connectivity index (χ3v) is 14.0. The van der Waals surface area contributed by atoms with Gasteiger partial charge in [-0.2, -0.15) is 0 Å². The lowest BCUT2D eigenvalue weighted by atomic mass is 9.99. The first kappa shape index (κ1) is 56.3. The molecule has 4 aromatic rings. The van der Waals surface area contributed by atoms with Crippen molar-refractivity contribution in [3.8, 4) is 33.8 Å². The second kappa shape index (κ2) is 25.9. The van der Waals surface area contributed by atoms with Crippen LogP contribution < -0.4 is 37.1 Å². The maximum Gasteiger partial charge on any atom is 0.251 e. The van der Waals surface area contributed by atoms with Crippen molar-refractivity contribution in [3.05, 3.63) is 108 Å². The highest BCUT2D eigenvalue weighted by Crippen LogP contribution is 2.28. The number of phenolic OH excluding ortho intramolecular Hbond substituents is 1. The summed E-state index contributed by atoms with van der Waals surface area (Å²) in [5, 5.41) is 56.0. The number of fused-ring (bicyclic) bond motifs is 2. The number of unbranched alkanes of at least 4 members (excludes halogenated alkanes) is 2. The number of hydrogen-bond acceptors (Lipinski definition) is 13. The smallest absolute Gasteiger partial charge is 0.251 e. The minimum atomic E-state index is -1.69. The van der Waals surface area contributed by atoms with E-state index in [1.54, 1.807) is 24.3 Å². The summed E-state index contributed by atoms with van der Waals surface area (Å²) in [5.74, 6) is -4.93. The molecule has 3 aliphatic rings. The number of ether oxygens (including phenoxy) is 1. The van der Waals surface area contributed by atoms with Crippen LogP contribution in [0.15, 0.2) is 97.1 Å². The predicted octanol–water partition coefficient (Wildman–Crippen LogP) is 1.65. The zero-order valence-electron chi connectivity index (χ0n) is 43.0. The molecule has 0 spiro atoms. The summed E-state index contributed by atoms with van der Waals surface area (Å²) >= 11 is 0. The summed E-state index contributed by atoms with van der Waals surface area (Å²) in [6, 6.07) is 19.1. The summed E-state index contributed by atoms with van der Waals surface area (Å²) in [7, 11) is 0. The quantitative estimate of drug-likeness (QED) is 0.0854. The van der Waals surface area contributed by atoms with Crippen LogP contribution in [0.5, 0.6) is 11.5 Å². The Bertz CT molecular complexity index is 2670. The number of aliphatic hydroxyl groups is 3. The minimum absolute atomic E-state index is 0.0468. The number of aromatic hydroxyl groups is 1. The van der Waals surface area contributed by atoms with Crippen LogP contribution in [0.25, 0.3) is 22.3 Å². The van der Waals surface area contributed by atoms with E-state index in [-0.39, 0.29) is 63.1 Å². The van der Waals surface area contributed by atoms with Gasteiger partial charge in [0.25, 0.3) is 5.91 Å². The number of carbonyl (C=O) groups excluding carboxylic acids is 7. The molecule has 76 heavy (non-hydrogen) atoms. The fourth-order valence-corrected chi connectivity index (χ4v) is 9.75. The van der Waals surface area contributed by atoms with E-state index < -0.39 is 102 Å². The van der Waals surface area contributed by atoms with Gasteiger partial charge in [0, 0.05) is 44.1 Å². The number of aliphatic hydroxyl groups excluding tert-OH is 3. The van der Waals surface area contributed by atoms with E-state index >= 15 is 0 Å². The lowest BCUT2D eigenvalue weighted by Gasteiger charge is -2.32. The molecule has 10 atom stereocenters. The van der Waals surface area contributed by atoms with E-state index in [0.717, 1.165) is 52.2 Å². The molecule has 11 N–H and O–H groups in total. The van der Waals surface area contributed by atoms with Crippen LogP contribution in [-0.4, -0.2) is 158 Å². The zero-order valence-corrected chi connectivity index (χ0v) is 43.0. The van der Waals surface area contributed by atoms with Crippen molar-refractivity contribution >= 4 is 41.4 Å². The molecule has 3 aliphatic heterocycles. The zero-order chi connectivity index (χ0) is 54.6. The molecular weight excluding hydrogens is 977 g/mol. The molecule has 0 aromatic heterocycles. The average molecular weight is 1050 g/mol. The molecule has 20 nitrogen and oxygen atoms in total. The molecule has 0 bridgehead atoms. The fraction of sp³-hybridized carbons (Fsp3) is 0.446. The van der Waals surface area contributed by atoms with E-state index in [0.29, 0.717) is 12.2 Å². The van der Waals surface area contributed by atoms with Gasteiger partial charge in [0.05, 0.1) is 24.9 Å². The number of nitrogens with two attached hydrogens (primary N) is 1. The molecule has 3 saturated heterocycles. The van der Waals surface area contributed by atoms with Gasteiger partial charge in [-0.3, -0.25) is 33.6 Å². The summed E-state index contributed by atoms with van der Waals surface area (Å²) in [6.07, 6.45) is -1.47. The van der Waals surface area contributed by atoms with Gasteiger partial charge in [-0.25, -0.2) is 0 Å². The Morgan fingerprint density at radius 3 is 1.82 bits per heavy atom. The number of benzene rings is 4. The number of nitrogens with zero attached hydrogens (tertiary/aromatic N) is 2. The number of nitrogens with one attached hydrogen (secondary N) is 5. The Kier molecular flexibility index (Phi) is 19.2. The van der Waals surface area contributed by atoms with Crippen molar-refractivity contribution in [2.75, 3.05) is 26.2 Å². The molecular formula is C56H70N8O12. The molecule has 3 heterocycles. The van der Waals surface area contributed by atoms with Crippen LogP contribution in [0.4, 0.5) is 0 Å². The SMILES string of the molecule is CCCCCOc1ccc(-c2ccc(-c3ccc(C(=O)NC4CCCNC(=O)C5CC(N)CN5C(=O)C(C(C)O)NC(=O)C(Cc5ccc(O)cc5)NC(=O)C5C[C@@H](O)CN5C(=O)C(C(C)O)NC4=O)cc3)cc2)cc1. The highest BCUT2D eigenvalue weighted by Gasteiger charge is 2.46. The van der Waals surface area contributed by atoms with Crippen LogP contribution >= 0.6 is 0 Å². The van der Waals surface area contributed by atoms with Gasteiger partial charge in [-0.1, -0.05) is 80.4 Å². The Hall–Kier alpha value is -7.39. The van der Waals surface area contributed by atoms with Crippen LogP contribution in [-0.2, 0) is 35.2 Å². The van der Waals surface area contributed by atoms with Gasteiger partial charge >= 0.3 is 0 Å². The van der Waals surface area contributed by atoms with Crippen molar-refractivity contribution in [1.29, 1.82) is 0 Å². The molecule has 7 rings (SSSR count). The molecule has 0 saturated carbocycles. The van der Waals surface area contributed by atoms with Crippen LogP contribution in [0, 0.1) is 0 Å². The first-order valence-electron chi connectivity index (χ1n) is 26.0. The van der Waals surface area contributed by atoms with Gasteiger partial charge < -0.3 is 67.3 Å². The van der Waals surface area contributed by atoms with E-state index in [1.165, 1.54) is 43.0 Å². The second-order valence-electron chi connectivity index (χ2n) is 20.0. The third kappa shape index (κ3) is 14.3. The largest absolute Gasteiger partial charge is 0.508 e. The first-order valence-corrected chi connectivity index (χ1v) is 26.0. The normalized spacial score (nSPS) is 24.9. The number of rotatable bonds is 13. The highest BCUT2D eigenvalue weighted by molar-refractivity contribution is 6.00. The van der Waals surface area contributed by atoms with Crippen molar-refractivity contribution < 1.29 is 58.7 Å². The predicted molar refractivity (Wildman–Crippen MR) is 281 cm³/mol. The maximum absolute atomic E-state index is 14.4. The Labute approximate surface area is 441 Å². The van der Waals surface area contributed by atoms with Crippen LogP contribution in [0.2, 0.25) is 0 Å². The molecule has 3 fully saturated rings. The summed E-state index contributed by atoms with van der Waals surface area (Å²) in [6.45, 7) is 4.83. The highest BCUT2D eigenvalue weighted by atomic mass is 16.5. The van der Waals surface area contributed by atoms with Crippen LogP contribution in [0.3, 0.4) is 0 Å². The molecule has 0 aliphatic carbocycles. The molecule has 20 heteroatoms. The van der Waals surface area contributed by atoms with Gasteiger partial charge in [-0.15, -0.1) is 0 Å². The monoisotopic (exact) mass is 1050 g/mol. The van der Waals surface area contributed by atoms with Crippen molar-refractivity contribution in [1.82, 2.24) is 36.4 Å². The van der Waals surface area contributed by atoms with Crippen LogP contribution in [0.1, 0.15) is 81.6 Å².